The second-order valence-corrected chi connectivity index (χ2v) is 7.23. The van der Waals surface area contributed by atoms with E-state index in [-0.39, 0.29) is 24.4 Å². The van der Waals surface area contributed by atoms with Crippen molar-refractivity contribution in [1.82, 2.24) is 5.32 Å². The molecule has 1 fully saturated rings. The van der Waals surface area contributed by atoms with Gasteiger partial charge >= 0.3 is 0 Å². The van der Waals surface area contributed by atoms with Crippen molar-refractivity contribution in [2.24, 2.45) is 0 Å². The first-order valence-electron chi connectivity index (χ1n) is 8.95. The van der Waals surface area contributed by atoms with Gasteiger partial charge < -0.3 is 20.3 Å². The maximum absolute atomic E-state index is 12.5. The van der Waals surface area contributed by atoms with Crippen molar-refractivity contribution in [3.8, 4) is 5.75 Å². The van der Waals surface area contributed by atoms with Crippen molar-refractivity contribution < 1.29 is 14.3 Å². The van der Waals surface area contributed by atoms with Crippen molar-refractivity contribution >= 4 is 34.8 Å². The third-order valence-corrected chi connectivity index (χ3v) is 4.76. The van der Waals surface area contributed by atoms with E-state index in [4.69, 9.17) is 16.3 Å². The van der Waals surface area contributed by atoms with Crippen LogP contribution >= 0.6 is 11.6 Å². The second kappa shape index (κ2) is 7.48. The minimum Gasteiger partial charge on any atom is -0.477 e. The number of hydrogen-bond donors (Lipinski definition) is 2. The van der Waals surface area contributed by atoms with Crippen molar-refractivity contribution in [2.45, 2.75) is 25.0 Å². The number of carbonyl (C=O) groups excluding carboxylic acids is 2. The summed E-state index contributed by atoms with van der Waals surface area (Å²) in [4.78, 5) is 26.8. The molecule has 140 valence electrons. The average Bonchev–Trinajstić information content (AvgIpc) is 3.45. The quantitative estimate of drug-likeness (QED) is 0.830. The summed E-state index contributed by atoms with van der Waals surface area (Å²) in [5.74, 6) is 0.290. The van der Waals surface area contributed by atoms with Crippen LogP contribution in [0.1, 0.15) is 12.8 Å². The van der Waals surface area contributed by atoms with Gasteiger partial charge in [0.25, 0.3) is 5.91 Å². The maximum Gasteiger partial charge on any atom is 0.263 e. The lowest BCUT2D eigenvalue weighted by molar-refractivity contribution is -0.128. The van der Waals surface area contributed by atoms with E-state index in [1.807, 2.05) is 29.2 Å². The zero-order valence-corrected chi connectivity index (χ0v) is 15.4. The maximum atomic E-state index is 12.5. The number of halogens is 1. The van der Waals surface area contributed by atoms with E-state index < -0.39 is 6.10 Å². The number of fused-ring (bicyclic) bond motifs is 1. The Bertz CT molecular complexity index is 869. The molecule has 1 saturated carbocycles. The lowest BCUT2D eigenvalue weighted by Gasteiger charge is -2.35. The van der Waals surface area contributed by atoms with Crippen molar-refractivity contribution in [3.63, 3.8) is 0 Å². The highest BCUT2D eigenvalue weighted by atomic mass is 35.5. The van der Waals surface area contributed by atoms with Gasteiger partial charge in [-0.3, -0.25) is 9.59 Å². The van der Waals surface area contributed by atoms with Crippen molar-refractivity contribution in [2.75, 3.05) is 23.3 Å². The number of nitrogens with one attached hydrogen (secondary N) is 2. The number of ether oxygens (including phenoxy) is 1. The van der Waals surface area contributed by atoms with E-state index in [1.165, 1.54) is 0 Å². The Morgan fingerprint density at radius 1 is 1.15 bits per heavy atom. The fourth-order valence-corrected chi connectivity index (χ4v) is 3.25. The second-order valence-electron chi connectivity index (χ2n) is 6.80. The first kappa shape index (κ1) is 17.7. The molecule has 0 spiro atoms. The van der Waals surface area contributed by atoms with Crippen LogP contribution in [0.25, 0.3) is 0 Å². The van der Waals surface area contributed by atoms with Crippen molar-refractivity contribution in [1.29, 1.82) is 0 Å². The van der Waals surface area contributed by atoms with E-state index >= 15 is 0 Å². The highest BCUT2D eigenvalue weighted by Crippen LogP contribution is 2.33. The highest BCUT2D eigenvalue weighted by molar-refractivity contribution is 6.30. The molecule has 2 aromatic carbocycles. The normalized spacial score (nSPS) is 18.3. The van der Waals surface area contributed by atoms with Gasteiger partial charge in [0.05, 0.1) is 18.8 Å². The van der Waals surface area contributed by atoms with E-state index in [1.54, 1.807) is 24.3 Å². The SMILES string of the molecule is O=C(CN1CC(C(=O)NC2CC2)Oc2ccccc21)Nc1cccc(Cl)c1. The van der Waals surface area contributed by atoms with Crippen LogP contribution in [0.5, 0.6) is 5.75 Å². The first-order valence-corrected chi connectivity index (χ1v) is 9.33. The van der Waals surface area contributed by atoms with Crippen LogP contribution < -0.4 is 20.3 Å². The Hall–Kier alpha value is -2.73. The van der Waals surface area contributed by atoms with E-state index in [2.05, 4.69) is 10.6 Å². The molecule has 1 aliphatic heterocycles. The van der Waals surface area contributed by atoms with Gasteiger partial charge in [-0.1, -0.05) is 29.8 Å². The van der Waals surface area contributed by atoms with Gasteiger partial charge in [-0.15, -0.1) is 0 Å². The Balaban J connectivity index is 1.47. The summed E-state index contributed by atoms with van der Waals surface area (Å²) < 4.78 is 5.87. The molecule has 2 amide bonds. The van der Waals surface area contributed by atoms with Gasteiger partial charge in [0, 0.05) is 16.8 Å². The number of benzene rings is 2. The fourth-order valence-electron chi connectivity index (χ4n) is 3.06. The molecule has 2 aliphatic rings. The van der Waals surface area contributed by atoms with Gasteiger partial charge in [0.15, 0.2) is 6.10 Å². The molecule has 0 aromatic heterocycles. The number of hydrogen-bond acceptors (Lipinski definition) is 4. The number of carbonyl (C=O) groups is 2. The number of nitrogens with zero attached hydrogens (tertiary/aromatic N) is 1. The number of rotatable bonds is 5. The van der Waals surface area contributed by atoms with Gasteiger partial charge in [-0.05, 0) is 43.2 Å². The molecule has 4 rings (SSSR count). The third kappa shape index (κ3) is 4.34. The van der Waals surface area contributed by atoms with Crippen LogP contribution in [0, 0.1) is 0 Å². The minimum atomic E-state index is -0.639. The van der Waals surface area contributed by atoms with Crippen LogP contribution in [0.3, 0.4) is 0 Å². The zero-order valence-electron chi connectivity index (χ0n) is 14.7. The molecule has 6 nitrogen and oxygen atoms in total. The average molecular weight is 386 g/mol. The summed E-state index contributed by atoms with van der Waals surface area (Å²) in [6.07, 6.45) is 1.39. The molecule has 1 aliphatic carbocycles. The Morgan fingerprint density at radius 3 is 2.74 bits per heavy atom. The molecule has 1 unspecified atom stereocenters. The van der Waals surface area contributed by atoms with Gasteiger partial charge in [0.2, 0.25) is 5.91 Å². The summed E-state index contributed by atoms with van der Waals surface area (Å²) in [7, 11) is 0. The molecular weight excluding hydrogens is 366 g/mol. The van der Waals surface area contributed by atoms with Gasteiger partial charge in [0.1, 0.15) is 5.75 Å². The Labute approximate surface area is 162 Å². The predicted octanol–water partition coefficient (Wildman–Crippen LogP) is 2.82. The molecule has 7 heteroatoms. The summed E-state index contributed by atoms with van der Waals surface area (Å²) in [6.45, 7) is 0.429. The summed E-state index contributed by atoms with van der Waals surface area (Å²) in [5.41, 5.74) is 1.44. The fraction of sp³-hybridized carbons (Fsp3) is 0.300. The Morgan fingerprint density at radius 2 is 1.96 bits per heavy atom. The largest absolute Gasteiger partial charge is 0.477 e. The smallest absolute Gasteiger partial charge is 0.263 e. The molecule has 0 bridgehead atoms. The van der Waals surface area contributed by atoms with Crippen LogP contribution in [0.2, 0.25) is 5.02 Å². The van der Waals surface area contributed by atoms with Crippen LogP contribution in [0.4, 0.5) is 11.4 Å². The lowest BCUT2D eigenvalue weighted by Crippen LogP contribution is -2.51. The number of anilines is 2. The van der Waals surface area contributed by atoms with E-state index in [9.17, 15) is 9.59 Å². The van der Waals surface area contributed by atoms with Gasteiger partial charge in [-0.25, -0.2) is 0 Å². The molecule has 1 heterocycles. The Kier molecular flexibility index (Phi) is 4.90. The van der Waals surface area contributed by atoms with Crippen LogP contribution in [-0.2, 0) is 9.59 Å². The molecule has 0 saturated heterocycles. The number of amides is 2. The third-order valence-electron chi connectivity index (χ3n) is 4.52. The minimum absolute atomic E-state index is 0.111. The monoisotopic (exact) mass is 385 g/mol. The number of para-hydroxylation sites is 2. The van der Waals surface area contributed by atoms with Crippen LogP contribution in [0.15, 0.2) is 48.5 Å². The standard InChI is InChI=1S/C20H20ClN3O3/c21-13-4-3-5-15(10-13)22-19(25)12-24-11-18(20(26)23-14-8-9-14)27-17-7-2-1-6-16(17)24/h1-7,10,14,18H,8-9,11-12H2,(H,22,25)(H,23,26). The topological polar surface area (TPSA) is 70.7 Å². The van der Waals surface area contributed by atoms with Gasteiger partial charge in [-0.2, -0.15) is 0 Å². The van der Waals surface area contributed by atoms with Crippen LogP contribution in [-0.4, -0.2) is 37.0 Å². The molecular formula is C20H20ClN3O3. The van der Waals surface area contributed by atoms with E-state index in [0.29, 0.717) is 23.0 Å². The highest BCUT2D eigenvalue weighted by Gasteiger charge is 2.34. The summed E-state index contributed by atoms with van der Waals surface area (Å²) >= 11 is 5.96. The first-order chi connectivity index (χ1) is 13.1. The zero-order chi connectivity index (χ0) is 18.8. The molecule has 0 radical (unpaired) electrons. The summed E-state index contributed by atoms with van der Waals surface area (Å²) in [6, 6.07) is 14.7. The van der Waals surface area contributed by atoms with Crippen molar-refractivity contribution in [3.05, 3.63) is 53.6 Å². The predicted molar refractivity (Wildman–Crippen MR) is 104 cm³/mol. The van der Waals surface area contributed by atoms with E-state index in [0.717, 1.165) is 18.5 Å². The molecule has 1 atom stereocenters. The molecule has 27 heavy (non-hydrogen) atoms. The molecule has 2 N–H and O–H groups in total. The lowest BCUT2D eigenvalue weighted by atomic mass is 10.1. The summed E-state index contributed by atoms with van der Waals surface area (Å²) in [5, 5.41) is 6.37. The molecule has 2 aromatic rings.